The fourth-order valence-electron chi connectivity index (χ4n) is 4.92. The molecule has 0 fully saturated rings. The van der Waals surface area contributed by atoms with E-state index in [9.17, 15) is 4.39 Å². The second-order valence-corrected chi connectivity index (χ2v) is 9.56. The summed E-state index contributed by atoms with van der Waals surface area (Å²) in [4.78, 5) is 7.94. The van der Waals surface area contributed by atoms with Crippen molar-refractivity contribution in [1.82, 2.24) is 20.2 Å². The summed E-state index contributed by atoms with van der Waals surface area (Å²) in [6.45, 7) is 6.32. The number of rotatable bonds is 8. The second kappa shape index (κ2) is 9.98. The Balaban J connectivity index is 1.38. The van der Waals surface area contributed by atoms with Gasteiger partial charge in [0.15, 0.2) is 0 Å². The predicted octanol–water partition coefficient (Wildman–Crippen LogP) is 8.70. The molecular weight excluding hydrogens is 473 g/mol. The maximum Gasteiger partial charge on any atom is 0.131 e. The van der Waals surface area contributed by atoms with E-state index in [0.717, 1.165) is 80.5 Å². The number of allylic oxidation sites excluding steroid dienone is 1. The minimum Gasteiger partial charge on any atom is -0.358 e. The summed E-state index contributed by atoms with van der Waals surface area (Å²) in [5.74, 6) is -0.239. The van der Waals surface area contributed by atoms with Crippen molar-refractivity contribution in [2.24, 2.45) is 0 Å². The zero-order valence-electron chi connectivity index (χ0n) is 21.2. The number of hydrogen-bond donors (Lipinski definition) is 3. The molecule has 0 radical (unpaired) electrons. The zero-order chi connectivity index (χ0) is 26.1. The van der Waals surface area contributed by atoms with E-state index in [1.165, 1.54) is 6.07 Å². The van der Waals surface area contributed by atoms with E-state index in [0.29, 0.717) is 5.56 Å². The van der Waals surface area contributed by atoms with Gasteiger partial charge in [-0.2, -0.15) is 5.10 Å². The van der Waals surface area contributed by atoms with Crippen LogP contribution in [0.15, 0.2) is 97.5 Å². The molecule has 0 aliphatic rings. The molecule has 6 heteroatoms. The third-order valence-corrected chi connectivity index (χ3v) is 6.87. The van der Waals surface area contributed by atoms with Gasteiger partial charge in [0.2, 0.25) is 0 Å². The minimum absolute atomic E-state index is 0.239. The molecule has 0 spiro atoms. The van der Waals surface area contributed by atoms with Gasteiger partial charge in [-0.25, -0.2) is 4.39 Å². The van der Waals surface area contributed by atoms with E-state index < -0.39 is 0 Å². The third kappa shape index (κ3) is 4.45. The topological polar surface area (TPSA) is 69.4 Å². The molecule has 6 aromatic rings. The molecule has 3 aromatic heterocycles. The number of H-pyrrole nitrogens is 2. The molecule has 38 heavy (non-hydrogen) atoms. The Kier molecular flexibility index (Phi) is 6.22. The van der Waals surface area contributed by atoms with Gasteiger partial charge in [-0.3, -0.25) is 10.1 Å². The first-order valence-corrected chi connectivity index (χ1v) is 12.9. The lowest BCUT2D eigenvalue weighted by atomic mass is 10.0. The van der Waals surface area contributed by atoms with Crippen LogP contribution in [0.25, 0.3) is 55.4 Å². The fourth-order valence-corrected chi connectivity index (χ4v) is 4.92. The molecule has 0 saturated heterocycles. The predicted molar refractivity (Wildman–Crippen MR) is 154 cm³/mol. The number of halogens is 1. The van der Waals surface area contributed by atoms with Crippen molar-refractivity contribution in [3.8, 4) is 33.6 Å². The highest BCUT2D eigenvalue weighted by atomic mass is 19.1. The highest BCUT2D eigenvalue weighted by Gasteiger charge is 2.15. The molecule has 0 bridgehead atoms. The van der Waals surface area contributed by atoms with Gasteiger partial charge in [0, 0.05) is 39.3 Å². The maximum absolute atomic E-state index is 14.6. The van der Waals surface area contributed by atoms with Crippen LogP contribution in [0.1, 0.15) is 26.2 Å². The molecule has 6 rings (SSSR count). The summed E-state index contributed by atoms with van der Waals surface area (Å²) < 4.78 is 14.6. The van der Waals surface area contributed by atoms with Crippen LogP contribution in [0.2, 0.25) is 0 Å². The molecular formula is C32H28FN5. The quantitative estimate of drug-likeness (QED) is 0.195. The standard InChI is InChI=1S/C32H28FN5/c1-3-4-8-20(2)35-23-15-22(18-34-19-23)21-13-14-30-27(16-21)32(38-37-30)31-17-26-24(10-7-12-29(26)36-31)25-9-5-6-11-28(25)33/h5-7,9-19,35-36H,2-4,8H2,1H3,(H,37,38). The molecule has 0 saturated carbocycles. The van der Waals surface area contributed by atoms with Crippen LogP contribution in [-0.2, 0) is 0 Å². The Labute approximate surface area is 220 Å². The van der Waals surface area contributed by atoms with E-state index in [4.69, 9.17) is 0 Å². The summed E-state index contributed by atoms with van der Waals surface area (Å²) in [6, 6.07) is 23.1. The Morgan fingerprint density at radius 1 is 0.895 bits per heavy atom. The third-order valence-electron chi connectivity index (χ3n) is 6.87. The molecule has 0 amide bonds. The van der Waals surface area contributed by atoms with Gasteiger partial charge >= 0.3 is 0 Å². The Hall–Kier alpha value is -4.71. The number of benzene rings is 3. The van der Waals surface area contributed by atoms with Crippen LogP contribution in [0, 0.1) is 5.82 Å². The van der Waals surface area contributed by atoms with Crippen molar-refractivity contribution in [2.45, 2.75) is 26.2 Å². The molecule has 0 unspecified atom stereocenters. The van der Waals surface area contributed by atoms with Gasteiger partial charge in [0.25, 0.3) is 0 Å². The summed E-state index contributed by atoms with van der Waals surface area (Å²) in [7, 11) is 0. The van der Waals surface area contributed by atoms with Crippen LogP contribution in [-0.4, -0.2) is 20.2 Å². The molecule has 0 aliphatic heterocycles. The van der Waals surface area contributed by atoms with Crippen LogP contribution in [0.4, 0.5) is 10.1 Å². The highest BCUT2D eigenvalue weighted by Crippen LogP contribution is 2.36. The van der Waals surface area contributed by atoms with Crippen molar-refractivity contribution >= 4 is 27.5 Å². The van der Waals surface area contributed by atoms with Gasteiger partial charge in [-0.1, -0.05) is 56.3 Å². The molecule has 0 atom stereocenters. The zero-order valence-corrected chi connectivity index (χ0v) is 21.2. The van der Waals surface area contributed by atoms with Crippen molar-refractivity contribution in [1.29, 1.82) is 0 Å². The molecule has 3 aromatic carbocycles. The number of aromatic nitrogens is 4. The first-order valence-electron chi connectivity index (χ1n) is 12.9. The SMILES string of the molecule is C=C(CCCC)Nc1cncc(-c2ccc3[nH]nc(-c4cc5c(-c6ccccc6F)cccc5[nH]4)c3c2)c1. The number of nitrogens with one attached hydrogen (secondary N) is 3. The molecule has 3 heterocycles. The normalized spacial score (nSPS) is 11.3. The number of hydrogen-bond acceptors (Lipinski definition) is 3. The number of unbranched alkanes of at least 4 members (excludes halogenated alkanes) is 1. The van der Waals surface area contributed by atoms with Crippen molar-refractivity contribution in [2.75, 3.05) is 5.32 Å². The van der Waals surface area contributed by atoms with Crippen molar-refractivity contribution in [3.05, 3.63) is 103 Å². The monoisotopic (exact) mass is 501 g/mol. The molecule has 0 aliphatic carbocycles. The average Bonchev–Trinajstić information content (AvgIpc) is 3.56. The van der Waals surface area contributed by atoms with E-state index in [-0.39, 0.29) is 5.82 Å². The van der Waals surface area contributed by atoms with E-state index in [1.807, 2.05) is 54.9 Å². The van der Waals surface area contributed by atoms with E-state index in [1.54, 1.807) is 6.07 Å². The fraction of sp³-hybridized carbons (Fsp3) is 0.125. The van der Waals surface area contributed by atoms with Gasteiger partial charge < -0.3 is 10.3 Å². The Morgan fingerprint density at radius 2 is 1.76 bits per heavy atom. The number of fused-ring (bicyclic) bond motifs is 2. The van der Waals surface area contributed by atoms with E-state index in [2.05, 4.69) is 57.2 Å². The lowest BCUT2D eigenvalue weighted by molar-refractivity contribution is 0.631. The summed E-state index contributed by atoms with van der Waals surface area (Å²) in [5.41, 5.74) is 8.94. The maximum atomic E-state index is 14.6. The molecule has 3 N–H and O–H groups in total. The lowest BCUT2D eigenvalue weighted by Crippen LogP contribution is -1.98. The Bertz CT molecular complexity index is 1780. The smallest absolute Gasteiger partial charge is 0.131 e. The van der Waals surface area contributed by atoms with E-state index >= 15 is 0 Å². The van der Waals surface area contributed by atoms with Gasteiger partial charge in [-0.15, -0.1) is 0 Å². The summed E-state index contributed by atoms with van der Waals surface area (Å²) >= 11 is 0. The average molecular weight is 502 g/mol. The lowest BCUT2D eigenvalue weighted by Gasteiger charge is -2.10. The van der Waals surface area contributed by atoms with Crippen LogP contribution < -0.4 is 5.32 Å². The van der Waals surface area contributed by atoms with Gasteiger partial charge in [0.05, 0.1) is 23.1 Å². The van der Waals surface area contributed by atoms with Crippen molar-refractivity contribution in [3.63, 3.8) is 0 Å². The highest BCUT2D eigenvalue weighted by molar-refractivity contribution is 6.02. The van der Waals surface area contributed by atoms with Crippen LogP contribution >= 0.6 is 0 Å². The summed E-state index contributed by atoms with van der Waals surface area (Å²) in [5, 5.41) is 13.1. The van der Waals surface area contributed by atoms with Gasteiger partial charge in [0.1, 0.15) is 11.5 Å². The number of anilines is 1. The number of pyridine rings is 1. The Morgan fingerprint density at radius 3 is 2.63 bits per heavy atom. The second-order valence-electron chi connectivity index (χ2n) is 9.56. The van der Waals surface area contributed by atoms with Crippen molar-refractivity contribution < 1.29 is 4.39 Å². The first-order chi connectivity index (χ1) is 18.6. The minimum atomic E-state index is -0.239. The van der Waals surface area contributed by atoms with Gasteiger partial charge in [-0.05, 0) is 60.4 Å². The first kappa shape index (κ1) is 23.7. The van der Waals surface area contributed by atoms with Crippen LogP contribution in [0.5, 0.6) is 0 Å². The summed E-state index contributed by atoms with van der Waals surface area (Å²) in [6.07, 6.45) is 6.86. The van der Waals surface area contributed by atoms with Crippen LogP contribution in [0.3, 0.4) is 0 Å². The molecule has 5 nitrogen and oxygen atoms in total. The number of nitrogens with zero attached hydrogens (tertiary/aromatic N) is 2. The largest absolute Gasteiger partial charge is 0.358 e. The molecule has 188 valence electrons. The number of aromatic amines is 2.